The molecule has 0 radical (unpaired) electrons. The van der Waals surface area contributed by atoms with E-state index in [1.54, 1.807) is 24.4 Å². The number of rotatable bonds is 6. The Balaban J connectivity index is 2.14. The van der Waals surface area contributed by atoms with Crippen molar-refractivity contribution >= 4 is 22.7 Å². The molecule has 0 fully saturated rings. The van der Waals surface area contributed by atoms with E-state index in [1.165, 1.54) is 6.07 Å². The highest BCUT2D eigenvalue weighted by atomic mass is 32.1. The van der Waals surface area contributed by atoms with Gasteiger partial charge < -0.3 is 15.0 Å². The van der Waals surface area contributed by atoms with Crippen molar-refractivity contribution in [1.82, 2.24) is 4.98 Å². The fourth-order valence-corrected chi connectivity index (χ4v) is 2.23. The molecule has 2 rings (SSSR count). The van der Waals surface area contributed by atoms with E-state index in [0.29, 0.717) is 18.8 Å². The number of nitro groups is 1. The second-order valence-corrected chi connectivity index (χ2v) is 4.74. The molecule has 0 aliphatic carbocycles. The average Bonchev–Trinajstić information content (AvgIpc) is 2.82. The highest BCUT2D eigenvalue weighted by Gasteiger charge is 2.15. The lowest BCUT2D eigenvalue weighted by Gasteiger charge is -2.08. The minimum atomic E-state index is -0.481. The molecule has 0 aliphatic rings. The summed E-state index contributed by atoms with van der Waals surface area (Å²) in [4.78, 5) is 23.9. The van der Waals surface area contributed by atoms with Gasteiger partial charge in [0, 0.05) is 28.9 Å². The van der Waals surface area contributed by atoms with E-state index in [2.05, 4.69) is 10.3 Å². The predicted molar refractivity (Wildman–Crippen MR) is 76.5 cm³/mol. The Kier molecular flexibility index (Phi) is 4.36. The second kappa shape index (κ2) is 6.20. The summed E-state index contributed by atoms with van der Waals surface area (Å²) in [5.41, 5.74) is 1.38. The molecule has 2 aromatic rings. The predicted octanol–water partition coefficient (Wildman–Crippen LogP) is 2.36. The fraction of sp³-hybridized carbons (Fsp3) is 0.250. The van der Waals surface area contributed by atoms with Crippen molar-refractivity contribution in [3.05, 3.63) is 49.1 Å². The van der Waals surface area contributed by atoms with Gasteiger partial charge in [0.25, 0.3) is 0 Å². The van der Waals surface area contributed by atoms with Crippen LogP contribution in [0.3, 0.4) is 0 Å². The number of aromatic nitrogens is 1. The lowest BCUT2D eigenvalue weighted by Crippen LogP contribution is -2.04. The van der Waals surface area contributed by atoms with Crippen molar-refractivity contribution in [3.63, 3.8) is 0 Å². The summed E-state index contributed by atoms with van der Waals surface area (Å²) in [5, 5.41) is 15.7. The molecular weight excluding hydrogens is 282 g/mol. The summed E-state index contributed by atoms with van der Waals surface area (Å²) in [7, 11) is 0. The van der Waals surface area contributed by atoms with Crippen molar-refractivity contribution < 1.29 is 9.66 Å². The van der Waals surface area contributed by atoms with Gasteiger partial charge in [-0.25, -0.2) is 0 Å². The van der Waals surface area contributed by atoms with Crippen LogP contribution in [-0.4, -0.2) is 16.5 Å². The van der Waals surface area contributed by atoms with Crippen LogP contribution in [0.2, 0.25) is 0 Å². The number of H-pyrrole nitrogens is 1. The topological polar surface area (TPSA) is 97.3 Å². The standard InChI is InChI=1S/C12H13N3O4S/c1-2-19-11-5-8(3-4-10(11)15(17)18)13-6-9-7-20-12(16)14-9/h3-5,7,13H,2,6H2,1H3,(H,14,16). The van der Waals surface area contributed by atoms with Crippen molar-refractivity contribution in [2.45, 2.75) is 13.5 Å². The zero-order chi connectivity index (χ0) is 14.5. The lowest BCUT2D eigenvalue weighted by molar-refractivity contribution is -0.385. The third-order valence-corrected chi connectivity index (χ3v) is 3.23. The first-order chi connectivity index (χ1) is 9.60. The van der Waals surface area contributed by atoms with E-state index >= 15 is 0 Å². The highest BCUT2D eigenvalue weighted by molar-refractivity contribution is 7.07. The molecule has 0 aliphatic heterocycles. The number of hydrogen-bond acceptors (Lipinski definition) is 6. The molecule has 8 heteroatoms. The van der Waals surface area contributed by atoms with Crippen molar-refractivity contribution in [1.29, 1.82) is 0 Å². The molecule has 1 aromatic heterocycles. The summed E-state index contributed by atoms with van der Waals surface area (Å²) in [5.74, 6) is 0.223. The van der Waals surface area contributed by atoms with E-state index < -0.39 is 4.92 Å². The van der Waals surface area contributed by atoms with Gasteiger partial charge in [0.15, 0.2) is 5.75 Å². The molecule has 0 bridgehead atoms. The minimum absolute atomic E-state index is 0.0682. The van der Waals surface area contributed by atoms with Gasteiger partial charge in [-0.2, -0.15) is 0 Å². The van der Waals surface area contributed by atoms with E-state index in [1.807, 2.05) is 0 Å². The zero-order valence-corrected chi connectivity index (χ0v) is 11.5. The molecule has 1 heterocycles. The molecule has 0 saturated heterocycles. The number of hydrogen-bond donors (Lipinski definition) is 2. The molecule has 7 nitrogen and oxygen atoms in total. The van der Waals surface area contributed by atoms with Crippen molar-refractivity contribution in [2.75, 3.05) is 11.9 Å². The molecule has 0 saturated carbocycles. The van der Waals surface area contributed by atoms with Gasteiger partial charge in [-0.3, -0.25) is 14.9 Å². The maximum Gasteiger partial charge on any atom is 0.311 e. The quantitative estimate of drug-likeness (QED) is 0.629. The van der Waals surface area contributed by atoms with Gasteiger partial charge >= 0.3 is 10.6 Å². The van der Waals surface area contributed by atoms with Gasteiger partial charge in [-0.1, -0.05) is 11.3 Å². The number of nitrogens with zero attached hydrogens (tertiary/aromatic N) is 1. The lowest BCUT2D eigenvalue weighted by atomic mass is 10.2. The number of ether oxygens (including phenoxy) is 1. The third kappa shape index (κ3) is 3.35. The zero-order valence-electron chi connectivity index (χ0n) is 10.7. The highest BCUT2D eigenvalue weighted by Crippen LogP contribution is 2.30. The molecule has 20 heavy (non-hydrogen) atoms. The Morgan fingerprint density at radius 1 is 1.50 bits per heavy atom. The van der Waals surface area contributed by atoms with Crippen LogP contribution in [0, 0.1) is 10.1 Å². The van der Waals surface area contributed by atoms with Gasteiger partial charge in [0.05, 0.1) is 18.1 Å². The van der Waals surface area contributed by atoms with Crippen LogP contribution in [0.4, 0.5) is 11.4 Å². The minimum Gasteiger partial charge on any atom is -0.487 e. The van der Waals surface area contributed by atoms with E-state index in [9.17, 15) is 14.9 Å². The Labute approximate surface area is 118 Å². The molecular formula is C12H13N3O4S. The molecule has 106 valence electrons. The number of benzene rings is 1. The fourth-order valence-electron chi connectivity index (χ4n) is 1.64. The Morgan fingerprint density at radius 2 is 2.30 bits per heavy atom. The maximum atomic E-state index is 11.0. The van der Waals surface area contributed by atoms with Crippen LogP contribution in [0.5, 0.6) is 5.75 Å². The van der Waals surface area contributed by atoms with Gasteiger partial charge in [-0.05, 0) is 13.0 Å². The first-order valence-corrected chi connectivity index (χ1v) is 6.80. The van der Waals surface area contributed by atoms with Crippen LogP contribution >= 0.6 is 11.3 Å². The van der Waals surface area contributed by atoms with Crippen molar-refractivity contribution in [2.24, 2.45) is 0 Å². The van der Waals surface area contributed by atoms with E-state index in [-0.39, 0.29) is 16.3 Å². The molecule has 0 spiro atoms. The summed E-state index contributed by atoms with van der Waals surface area (Å²) in [6.07, 6.45) is 0. The summed E-state index contributed by atoms with van der Waals surface area (Å²) in [6, 6.07) is 4.57. The van der Waals surface area contributed by atoms with Crippen LogP contribution in [-0.2, 0) is 6.54 Å². The van der Waals surface area contributed by atoms with E-state index in [0.717, 1.165) is 17.0 Å². The largest absolute Gasteiger partial charge is 0.487 e. The van der Waals surface area contributed by atoms with Gasteiger partial charge in [0.2, 0.25) is 0 Å². The molecule has 2 N–H and O–H groups in total. The molecule has 1 aromatic carbocycles. The molecule has 0 unspecified atom stereocenters. The van der Waals surface area contributed by atoms with Crippen LogP contribution in [0.15, 0.2) is 28.4 Å². The van der Waals surface area contributed by atoms with Crippen LogP contribution in [0.25, 0.3) is 0 Å². The number of anilines is 1. The Morgan fingerprint density at radius 3 is 2.90 bits per heavy atom. The smallest absolute Gasteiger partial charge is 0.311 e. The first kappa shape index (κ1) is 14.1. The number of thiazole rings is 1. The number of nitro benzene ring substituents is 1. The summed E-state index contributed by atoms with van der Waals surface area (Å²) < 4.78 is 5.26. The van der Waals surface area contributed by atoms with Crippen LogP contribution in [0.1, 0.15) is 12.6 Å². The van der Waals surface area contributed by atoms with Gasteiger partial charge in [0.1, 0.15) is 0 Å². The number of nitrogens with one attached hydrogen (secondary N) is 2. The number of aromatic amines is 1. The summed E-state index contributed by atoms with van der Waals surface area (Å²) >= 11 is 1.09. The van der Waals surface area contributed by atoms with Crippen LogP contribution < -0.4 is 14.9 Å². The average molecular weight is 295 g/mol. The third-order valence-electron chi connectivity index (χ3n) is 2.51. The molecule has 0 amide bonds. The molecule has 0 atom stereocenters. The Hall–Kier alpha value is -2.35. The second-order valence-electron chi connectivity index (χ2n) is 3.90. The normalized spacial score (nSPS) is 10.2. The maximum absolute atomic E-state index is 11.0. The van der Waals surface area contributed by atoms with Crippen molar-refractivity contribution in [3.8, 4) is 5.75 Å². The SMILES string of the molecule is CCOc1cc(NCc2csc(=O)[nH]2)ccc1[N+](=O)[O-]. The Bertz CT molecular complexity index is 665. The first-order valence-electron chi connectivity index (χ1n) is 5.92. The van der Waals surface area contributed by atoms with Gasteiger partial charge in [-0.15, -0.1) is 0 Å². The van der Waals surface area contributed by atoms with E-state index in [4.69, 9.17) is 4.74 Å². The monoisotopic (exact) mass is 295 g/mol. The summed E-state index contributed by atoms with van der Waals surface area (Å²) in [6.45, 7) is 2.55.